The molecule has 0 amide bonds. The first-order valence-corrected chi connectivity index (χ1v) is 17.2. The third-order valence-electron chi connectivity index (χ3n) is 7.73. The van der Waals surface area contributed by atoms with Crippen LogP contribution < -0.4 is 10.2 Å². The maximum absolute atomic E-state index is 10.1. The zero-order chi connectivity index (χ0) is 30.1. The summed E-state index contributed by atoms with van der Waals surface area (Å²) in [6.45, 7) is 4.49. The van der Waals surface area contributed by atoms with E-state index < -0.39 is 11.9 Å². The summed E-state index contributed by atoms with van der Waals surface area (Å²) >= 11 is 0. The van der Waals surface area contributed by atoms with Gasteiger partial charge in [0.1, 0.15) is 0 Å². The van der Waals surface area contributed by atoms with Crippen molar-refractivity contribution in [3.05, 3.63) is 11.5 Å². The van der Waals surface area contributed by atoms with E-state index in [1.165, 1.54) is 128 Å². The zero-order valence-electron chi connectivity index (χ0n) is 27.4. The molecule has 0 aliphatic heterocycles. The van der Waals surface area contributed by atoms with E-state index in [-0.39, 0.29) is 51.5 Å². The molecule has 0 heterocycles. The number of carbonyl (C=O) groups excluding carboxylic acids is 2. The van der Waals surface area contributed by atoms with Crippen LogP contribution in [-0.2, 0) is 30.7 Å². The Hall–Kier alpha value is -0.492. The van der Waals surface area contributed by atoms with E-state index in [1.807, 2.05) is 0 Å². The van der Waals surface area contributed by atoms with Crippen molar-refractivity contribution in [2.75, 3.05) is 0 Å². The molecule has 0 aromatic rings. The van der Waals surface area contributed by atoms with Crippen molar-refractivity contribution in [3.8, 4) is 0 Å². The molecule has 2 atom stereocenters. The first-order chi connectivity index (χ1) is 19.3. The standard InChI is InChI=1S/2C14H28O2.C6H12N2.H2O.Pt/c2*1-2-3-4-5-6-7-8-9-10-11-12-13-14(15)16;7-5-3-1-2-4-6(5)8;;/h2*2-13H2,1H3,(H,15,16);5-8H,1-4H2;1H2;/q;;-2;;+4/p-2. The van der Waals surface area contributed by atoms with Crippen LogP contribution in [0.15, 0.2) is 0 Å². The molecule has 4 N–H and O–H groups in total. The Kier molecular flexibility index (Phi) is 46.7. The molecule has 254 valence electrons. The van der Waals surface area contributed by atoms with Gasteiger partial charge < -0.3 is 36.7 Å². The van der Waals surface area contributed by atoms with Crippen molar-refractivity contribution in [2.45, 2.75) is 206 Å². The summed E-state index contributed by atoms with van der Waals surface area (Å²) in [5, 5.41) is 20.3. The average molecular weight is 780 g/mol. The van der Waals surface area contributed by atoms with Gasteiger partial charge in [-0.25, -0.2) is 0 Å². The van der Waals surface area contributed by atoms with Crippen LogP contribution in [0, 0.1) is 0 Å². The number of rotatable bonds is 24. The number of hydrogen-bond acceptors (Lipinski definition) is 4. The molecule has 2 unspecified atom stereocenters. The second kappa shape index (κ2) is 40.5. The van der Waals surface area contributed by atoms with Crippen LogP contribution in [0.1, 0.15) is 194 Å². The summed E-state index contributed by atoms with van der Waals surface area (Å²) in [5.74, 6) is -1.81. The minimum atomic E-state index is -0.907. The molecular weight excluding hydrogens is 711 g/mol. The Morgan fingerprint density at radius 2 is 0.714 bits per heavy atom. The van der Waals surface area contributed by atoms with Gasteiger partial charge in [-0.05, 0) is 25.7 Å². The number of carbonyl (C=O) groups is 2. The molecule has 1 fully saturated rings. The molecule has 1 aliphatic carbocycles. The molecule has 1 rings (SSSR count). The van der Waals surface area contributed by atoms with Crippen LogP contribution in [0.3, 0.4) is 0 Å². The third-order valence-corrected chi connectivity index (χ3v) is 7.73. The summed E-state index contributed by atoms with van der Waals surface area (Å²) in [7, 11) is 0. The Morgan fingerprint density at radius 1 is 0.500 bits per heavy atom. The number of hydrogen-bond donors (Lipinski definition) is 0. The van der Waals surface area contributed by atoms with E-state index in [2.05, 4.69) is 13.8 Å². The van der Waals surface area contributed by atoms with Crippen LogP contribution in [0.5, 0.6) is 0 Å². The number of carboxylic acids is 2. The summed E-state index contributed by atoms with van der Waals surface area (Å²) in [6.07, 6.45) is 32.3. The van der Waals surface area contributed by atoms with E-state index in [1.54, 1.807) is 0 Å². The fraction of sp³-hybridized carbons (Fsp3) is 0.941. The van der Waals surface area contributed by atoms with Crippen molar-refractivity contribution in [1.82, 2.24) is 0 Å². The van der Waals surface area contributed by atoms with Gasteiger partial charge >= 0.3 is 21.1 Å². The SMILES string of the molecule is CCCCCCCCCCCCCC(=O)[O-].CCCCCCCCCCCCCC(=O)[O-].O.[NH-]C1CCCCC1[NH-].[Pt+4]. The molecule has 0 bridgehead atoms. The quantitative estimate of drug-likeness (QED) is 0.0900. The van der Waals surface area contributed by atoms with Gasteiger partial charge in [-0.1, -0.05) is 168 Å². The van der Waals surface area contributed by atoms with Crippen molar-refractivity contribution in [3.63, 3.8) is 0 Å². The van der Waals surface area contributed by atoms with Crippen LogP contribution in [0.2, 0.25) is 0 Å². The van der Waals surface area contributed by atoms with Crippen molar-refractivity contribution in [1.29, 1.82) is 0 Å². The maximum atomic E-state index is 10.1. The largest absolute Gasteiger partial charge is 4.00 e. The van der Waals surface area contributed by atoms with Gasteiger partial charge in [-0.2, -0.15) is 12.1 Å². The molecule has 0 aromatic carbocycles. The smallest absolute Gasteiger partial charge is 0.676 e. The molecule has 0 saturated heterocycles. The fourth-order valence-corrected chi connectivity index (χ4v) is 5.00. The Labute approximate surface area is 274 Å². The van der Waals surface area contributed by atoms with Crippen molar-refractivity contribution in [2.24, 2.45) is 0 Å². The summed E-state index contributed by atoms with van der Waals surface area (Å²) in [4.78, 5) is 20.3. The molecule has 42 heavy (non-hydrogen) atoms. The summed E-state index contributed by atoms with van der Waals surface area (Å²) in [6, 6.07) is -0.160. The van der Waals surface area contributed by atoms with E-state index in [4.69, 9.17) is 11.5 Å². The Bertz CT molecular complexity index is 494. The van der Waals surface area contributed by atoms with E-state index in [0.717, 1.165) is 38.5 Å². The second-order valence-electron chi connectivity index (χ2n) is 11.8. The predicted molar refractivity (Wildman–Crippen MR) is 170 cm³/mol. The van der Waals surface area contributed by atoms with Crippen LogP contribution in [-0.4, -0.2) is 29.5 Å². The second-order valence-corrected chi connectivity index (χ2v) is 11.8. The van der Waals surface area contributed by atoms with Gasteiger partial charge in [-0.3, -0.25) is 0 Å². The normalized spacial score (nSPS) is 15.6. The molecule has 7 nitrogen and oxygen atoms in total. The van der Waals surface area contributed by atoms with E-state index >= 15 is 0 Å². The molecule has 0 aromatic heterocycles. The monoisotopic (exact) mass is 779 g/mol. The van der Waals surface area contributed by atoms with Gasteiger partial charge in [0.2, 0.25) is 0 Å². The van der Waals surface area contributed by atoms with Gasteiger partial charge in [-0.15, -0.1) is 0 Å². The fourth-order valence-electron chi connectivity index (χ4n) is 5.00. The Balaban J connectivity index is -0.000000264. The molecule has 0 spiro atoms. The van der Waals surface area contributed by atoms with Gasteiger partial charge in [0.25, 0.3) is 0 Å². The minimum absolute atomic E-state index is 0. The zero-order valence-corrected chi connectivity index (χ0v) is 29.7. The van der Waals surface area contributed by atoms with E-state index in [9.17, 15) is 19.8 Å². The van der Waals surface area contributed by atoms with Crippen molar-refractivity contribution < 1.29 is 46.3 Å². The number of nitrogens with one attached hydrogen (secondary N) is 2. The molecule has 8 heteroatoms. The minimum Gasteiger partial charge on any atom is -0.676 e. The first kappa shape index (κ1) is 48.4. The molecule has 1 aliphatic rings. The topological polar surface area (TPSA) is 159 Å². The molecular formula is C34H68N2O5Pt. The van der Waals surface area contributed by atoms with Gasteiger partial charge in [0.15, 0.2) is 0 Å². The molecule has 0 radical (unpaired) electrons. The summed E-state index contributed by atoms with van der Waals surface area (Å²) < 4.78 is 0. The van der Waals surface area contributed by atoms with Gasteiger partial charge in [0, 0.05) is 11.9 Å². The van der Waals surface area contributed by atoms with Crippen molar-refractivity contribution >= 4 is 11.9 Å². The maximum Gasteiger partial charge on any atom is 4.00 e. The van der Waals surface area contributed by atoms with Crippen LogP contribution in [0.4, 0.5) is 0 Å². The Morgan fingerprint density at radius 3 is 0.905 bits per heavy atom. The van der Waals surface area contributed by atoms with Crippen LogP contribution in [0.25, 0.3) is 11.5 Å². The average Bonchev–Trinajstić information content (AvgIpc) is 2.92. The summed E-state index contributed by atoms with van der Waals surface area (Å²) in [5.41, 5.74) is 14.6. The van der Waals surface area contributed by atoms with Crippen LogP contribution >= 0.6 is 0 Å². The number of carboxylic acid groups (broad SMARTS) is 2. The first-order valence-electron chi connectivity index (χ1n) is 17.2. The molecule has 1 saturated carbocycles. The third kappa shape index (κ3) is 44.0. The van der Waals surface area contributed by atoms with E-state index in [0.29, 0.717) is 0 Å². The van der Waals surface area contributed by atoms with Gasteiger partial charge in [0.05, 0.1) is 0 Å². The number of aliphatic carboxylic acids is 2. The predicted octanol–water partition coefficient (Wildman–Crippen LogP) is 8.45. The number of unbranched alkanes of at least 4 members (excludes halogenated alkanes) is 20.